The normalized spacial score (nSPS) is 13.8. The molecule has 4 aromatic rings. The molecule has 1 N–H and O–H groups in total. The standard InChI is InChI=1S/C26H25N5O3S/c1-2-15-35(32,33)30-19-9-7-18(8-10-19)25-23(17-27)22-16-21(34-26-28-13-4-14-29-26)11-12-24(22)31(25)20-5-3-6-20/h4,7-14,16,20,30H,2-3,5-6,15H2,1H3. The Kier molecular flexibility index (Phi) is 6.14. The van der Waals surface area contributed by atoms with Crippen molar-refractivity contribution in [2.24, 2.45) is 0 Å². The van der Waals surface area contributed by atoms with Crippen LogP contribution in [0.4, 0.5) is 5.69 Å². The van der Waals surface area contributed by atoms with Crippen molar-refractivity contribution in [2.45, 2.75) is 38.6 Å². The number of benzene rings is 2. The lowest BCUT2D eigenvalue weighted by Gasteiger charge is -2.30. The number of nitrogens with one attached hydrogen (secondary N) is 1. The molecular weight excluding hydrogens is 462 g/mol. The molecule has 2 aromatic heterocycles. The molecule has 1 saturated carbocycles. The fraction of sp³-hybridized carbons (Fsp3) is 0.269. The molecule has 0 saturated heterocycles. The molecule has 9 heteroatoms. The highest BCUT2D eigenvalue weighted by Crippen LogP contribution is 2.43. The Morgan fingerprint density at radius 3 is 2.51 bits per heavy atom. The number of rotatable bonds is 8. The summed E-state index contributed by atoms with van der Waals surface area (Å²) in [5.74, 6) is 0.625. The third kappa shape index (κ3) is 4.57. The van der Waals surface area contributed by atoms with E-state index in [-0.39, 0.29) is 11.8 Å². The third-order valence-electron chi connectivity index (χ3n) is 6.18. The van der Waals surface area contributed by atoms with Crippen molar-refractivity contribution in [2.75, 3.05) is 10.5 Å². The van der Waals surface area contributed by atoms with Crippen LogP contribution in [0.2, 0.25) is 0 Å². The number of sulfonamides is 1. The predicted octanol–water partition coefficient (Wildman–Crippen LogP) is 5.64. The number of nitriles is 1. The summed E-state index contributed by atoms with van der Waals surface area (Å²) >= 11 is 0. The molecule has 8 nitrogen and oxygen atoms in total. The summed E-state index contributed by atoms with van der Waals surface area (Å²) in [6, 6.07) is 17.6. The minimum absolute atomic E-state index is 0.0711. The van der Waals surface area contributed by atoms with Gasteiger partial charge in [0.25, 0.3) is 0 Å². The van der Waals surface area contributed by atoms with E-state index >= 15 is 0 Å². The van der Waals surface area contributed by atoms with Crippen LogP contribution in [-0.2, 0) is 10.0 Å². The zero-order valence-electron chi connectivity index (χ0n) is 19.3. The van der Waals surface area contributed by atoms with Crippen LogP contribution < -0.4 is 9.46 Å². The molecule has 0 unspecified atom stereocenters. The molecule has 178 valence electrons. The molecule has 1 aliphatic carbocycles. The van der Waals surface area contributed by atoms with Crippen LogP contribution in [0.3, 0.4) is 0 Å². The summed E-state index contributed by atoms with van der Waals surface area (Å²) in [6.45, 7) is 1.83. The van der Waals surface area contributed by atoms with Crippen LogP contribution in [0.1, 0.15) is 44.2 Å². The minimum atomic E-state index is -3.37. The molecule has 0 spiro atoms. The van der Waals surface area contributed by atoms with Crippen molar-refractivity contribution < 1.29 is 13.2 Å². The van der Waals surface area contributed by atoms with Crippen molar-refractivity contribution >= 4 is 26.6 Å². The van der Waals surface area contributed by atoms with Crippen molar-refractivity contribution in [3.8, 4) is 29.1 Å². The van der Waals surface area contributed by atoms with Crippen LogP contribution in [0.25, 0.3) is 22.2 Å². The van der Waals surface area contributed by atoms with Gasteiger partial charge in [-0.25, -0.2) is 18.4 Å². The van der Waals surface area contributed by atoms with Crippen LogP contribution in [0.15, 0.2) is 60.9 Å². The van der Waals surface area contributed by atoms with Gasteiger partial charge in [-0.3, -0.25) is 4.72 Å². The summed E-state index contributed by atoms with van der Waals surface area (Å²) in [7, 11) is -3.37. The Morgan fingerprint density at radius 2 is 1.89 bits per heavy atom. The number of ether oxygens (including phenoxy) is 1. The van der Waals surface area contributed by atoms with Crippen molar-refractivity contribution in [1.29, 1.82) is 5.26 Å². The minimum Gasteiger partial charge on any atom is -0.424 e. The average Bonchev–Trinajstić information content (AvgIpc) is 3.12. The Balaban J connectivity index is 1.58. The summed E-state index contributed by atoms with van der Waals surface area (Å²) < 4.78 is 35.0. The fourth-order valence-electron chi connectivity index (χ4n) is 4.42. The molecular formula is C26H25N5O3S. The van der Waals surface area contributed by atoms with Crippen molar-refractivity contribution in [3.05, 3.63) is 66.5 Å². The maximum atomic E-state index is 12.1. The molecule has 2 aromatic carbocycles. The van der Waals surface area contributed by atoms with E-state index in [1.54, 1.807) is 30.6 Å². The quantitative estimate of drug-likeness (QED) is 0.344. The lowest BCUT2D eigenvalue weighted by Crippen LogP contribution is -2.18. The van der Waals surface area contributed by atoms with Crippen LogP contribution in [-0.4, -0.2) is 28.7 Å². The molecule has 35 heavy (non-hydrogen) atoms. The van der Waals surface area contributed by atoms with Gasteiger partial charge in [0.05, 0.1) is 22.5 Å². The smallest absolute Gasteiger partial charge is 0.321 e. The maximum Gasteiger partial charge on any atom is 0.321 e. The molecule has 5 rings (SSSR count). The van der Waals surface area contributed by atoms with Gasteiger partial charge in [0.2, 0.25) is 10.0 Å². The number of hydrogen-bond donors (Lipinski definition) is 1. The van der Waals surface area contributed by atoms with Crippen LogP contribution >= 0.6 is 0 Å². The second-order valence-electron chi connectivity index (χ2n) is 8.60. The highest BCUT2D eigenvalue weighted by Gasteiger charge is 2.28. The largest absolute Gasteiger partial charge is 0.424 e. The lowest BCUT2D eigenvalue weighted by atomic mass is 9.92. The lowest BCUT2D eigenvalue weighted by molar-refractivity contribution is 0.324. The van der Waals surface area contributed by atoms with Gasteiger partial charge in [-0.1, -0.05) is 19.1 Å². The van der Waals surface area contributed by atoms with E-state index in [9.17, 15) is 13.7 Å². The van der Waals surface area contributed by atoms with Crippen molar-refractivity contribution in [3.63, 3.8) is 0 Å². The number of hydrogen-bond acceptors (Lipinski definition) is 6. The Bertz CT molecular complexity index is 1500. The van der Waals surface area contributed by atoms with Gasteiger partial charge >= 0.3 is 6.01 Å². The summed E-state index contributed by atoms with van der Waals surface area (Å²) in [6.07, 6.45) is 7.01. The summed E-state index contributed by atoms with van der Waals surface area (Å²) in [5.41, 5.74) is 3.73. The van der Waals surface area contributed by atoms with E-state index < -0.39 is 10.0 Å². The number of fused-ring (bicyclic) bond motifs is 1. The van der Waals surface area contributed by atoms with E-state index in [4.69, 9.17) is 4.74 Å². The van der Waals surface area contributed by atoms with Gasteiger partial charge in [-0.05, 0) is 67.6 Å². The van der Waals surface area contributed by atoms with Crippen molar-refractivity contribution in [1.82, 2.24) is 14.5 Å². The van der Waals surface area contributed by atoms with E-state index in [0.29, 0.717) is 29.5 Å². The topological polar surface area (TPSA) is 110 Å². The zero-order chi connectivity index (χ0) is 24.4. The first-order chi connectivity index (χ1) is 17.0. The average molecular weight is 488 g/mol. The second kappa shape index (κ2) is 9.39. The second-order valence-corrected chi connectivity index (χ2v) is 10.4. The van der Waals surface area contributed by atoms with E-state index in [1.165, 1.54) is 0 Å². The maximum absolute atomic E-state index is 12.1. The first-order valence-corrected chi connectivity index (χ1v) is 13.3. The fourth-order valence-corrected chi connectivity index (χ4v) is 5.55. The summed E-state index contributed by atoms with van der Waals surface area (Å²) in [5, 5.41) is 11.0. The Morgan fingerprint density at radius 1 is 1.14 bits per heavy atom. The summed E-state index contributed by atoms with van der Waals surface area (Å²) in [4.78, 5) is 8.22. The van der Waals surface area contributed by atoms with Gasteiger partial charge in [0.1, 0.15) is 11.8 Å². The van der Waals surface area contributed by atoms with Gasteiger partial charge in [0, 0.05) is 29.5 Å². The third-order valence-corrected chi connectivity index (χ3v) is 7.67. The SMILES string of the molecule is CCCS(=O)(=O)Nc1ccc(-c2c(C#N)c3cc(Oc4ncccn4)ccc3n2C2CCC2)cc1. The molecule has 1 aliphatic rings. The Hall–Kier alpha value is -3.90. The van der Waals surface area contributed by atoms with E-state index in [2.05, 4.69) is 25.3 Å². The molecule has 0 bridgehead atoms. The Labute approximate surface area is 204 Å². The molecule has 2 heterocycles. The van der Waals surface area contributed by atoms with Gasteiger partial charge < -0.3 is 9.30 Å². The first kappa shape index (κ1) is 22.9. The van der Waals surface area contributed by atoms with E-state index in [0.717, 1.165) is 41.4 Å². The zero-order valence-corrected chi connectivity index (χ0v) is 20.1. The number of nitrogens with zero attached hydrogens (tertiary/aromatic N) is 4. The number of aromatic nitrogens is 3. The highest BCUT2D eigenvalue weighted by atomic mass is 32.2. The van der Waals surface area contributed by atoms with Gasteiger partial charge in [0.15, 0.2) is 0 Å². The first-order valence-electron chi connectivity index (χ1n) is 11.6. The van der Waals surface area contributed by atoms with Crippen LogP contribution in [0, 0.1) is 11.3 Å². The van der Waals surface area contributed by atoms with E-state index in [1.807, 2.05) is 37.3 Å². The molecule has 1 fully saturated rings. The monoisotopic (exact) mass is 487 g/mol. The molecule has 0 aliphatic heterocycles. The highest BCUT2D eigenvalue weighted by molar-refractivity contribution is 7.92. The predicted molar refractivity (Wildman–Crippen MR) is 135 cm³/mol. The number of anilines is 1. The molecule has 0 atom stereocenters. The van der Waals surface area contributed by atoms with Gasteiger partial charge in [-0.15, -0.1) is 0 Å². The molecule has 0 radical (unpaired) electrons. The molecule has 0 amide bonds. The van der Waals surface area contributed by atoms with Crippen LogP contribution in [0.5, 0.6) is 11.8 Å². The van der Waals surface area contributed by atoms with Gasteiger partial charge in [-0.2, -0.15) is 5.26 Å².